The highest BCUT2D eigenvalue weighted by atomic mass is 35.5. The maximum atomic E-state index is 12.3. The molecule has 0 saturated heterocycles. The van der Waals surface area contributed by atoms with Crippen molar-refractivity contribution in [3.05, 3.63) is 23.4 Å². The topological polar surface area (TPSA) is 36.7 Å². The summed E-state index contributed by atoms with van der Waals surface area (Å²) in [5.41, 5.74) is -0.869. The first-order valence-corrected chi connectivity index (χ1v) is 5.68. The third kappa shape index (κ3) is 3.29. The van der Waals surface area contributed by atoms with Gasteiger partial charge in [0.25, 0.3) is 0 Å². The van der Waals surface area contributed by atoms with Gasteiger partial charge in [-0.2, -0.15) is 18.4 Å². The Bertz CT molecular complexity index is 414. The number of pyridine rings is 1. The number of hydrogen-bond acceptors (Lipinski definition) is 3. The van der Waals surface area contributed by atoms with Crippen LogP contribution < -0.4 is 0 Å². The van der Waals surface area contributed by atoms with Gasteiger partial charge in [0, 0.05) is 11.6 Å². The first-order valence-electron chi connectivity index (χ1n) is 4.16. The Hall–Kier alpha value is -0.930. The van der Waals surface area contributed by atoms with Crippen molar-refractivity contribution < 1.29 is 13.2 Å². The van der Waals surface area contributed by atoms with E-state index in [9.17, 15) is 13.2 Å². The van der Waals surface area contributed by atoms with E-state index in [4.69, 9.17) is 16.9 Å². The normalized spacial score (nSPS) is 11.2. The predicted octanol–water partition coefficient (Wildman–Crippen LogP) is 3.30. The van der Waals surface area contributed by atoms with Crippen LogP contribution in [-0.2, 0) is 6.18 Å². The number of hydrogen-bond donors (Lipinski definition) is 0. The van der Waals surface area contributed by atoms with Crippen LogP contribution in [-0.4, -0.2) is 16.6 Å². The van der Waals surface area contributed by atoms with E-state index >= 15 is 0 Å². The summed E-state index contributed by atoms with van der Waals surface area (Å²) in [7, 11) is 0. The van der Waals surface area contributed by atoms with Gasteiger partial charge in [-0.1, -0.05) is 0 Å². The lowest BCUT2D eigenvalue weighted by molar-refractivity contribution is -0.141. The molecule has 0 atom stereocenters. The Morgan fingerprint density at radius 1 is 1.44 bits per heavy atom. The second-order valence-electron chi connectivity index (χ2n) is 2.70. The van der Waals surface area contributed by atoms with Gasteiger partial charge < -0.3 is 0 Å². The average molecular weight is 267 g/mol. The molecule has 0 aliphatic heterocycles. The van der Waals surface area contributed by atoms with Gasteiger partial charge in [0.1, 0.15) is 16.8 Å². The van der Waals surface area contributed by atoms with E-state index in [2.05, 4.69) is 4.98 Å². The van der Waals surface area contributed by atoms with Crippen LogP contribution in [0.1, 0.15) is 11.3 Å². The van der Waals surface area contributed by atoms with Crippen LogP contribution in [0.5, 0.6) is 0 Å². The molecule has 0 N–H and O–H groups in total. The van der Waals surface area contributed by atoms with Crippen LogP contribution in [0.4, 0.5) is 13.2 Å². The number of alkyl halides is 4. The Morgan fingerprint density at radius 2 is 2.12 bits per heavy atom. The van der Waals surface area contributed by atoms with Gasteiger partial charge in [-0.3, -0.25) is 0 Å². The van der Waals surface area contributed by atoms with Crippen LogP contribution in [0.25, 0.3) is 0 Å². The monoisotopic (exact) mass is 266 g/mol. The molecule has 1 aromatic heterocycles. The predicted molar refractivity (Wildman–Crippen MR) is 55.4 cm³/mol. The summed E-state index contributed by atoms with van der Waals surface area (Å²) in [6, 6.07) is 3.70. The maximum absolute atomic E-state index is 12.3. The summed E-state index contributed by atoms with van der Waals surface area (Å²) in [5.74, 6) is 0.692. The summed E-state index contributed by atoms with van der Waals surface area (Å²) in [5, 5.41) is 8.76. The number of nitriles is 1. The lowest BCUT2D eigenvalue weighted by Gasteiger charge is -2.08. The Kier molecular flexibility index (Phi) is 4.44. The lowest BCUT2D eigenvalue weighted by Crippen LogP contribution is -2.09. The van der Waals surface area contributed by atoms with Crippen molar-refractivity contribution in [2.75, 3.05) is 11.6 Å². The first-order chi connectivity index (χ1) is 7.49. The van der Waals surface area contributed by atoms with Crippen LogP contribution in [0, 0.1) is 11.3 Å². The number of thioether (sulfide) groups is 1. The Labute approximate surface area is 99.4 Å². The van der Waals surface area contributed by atoms with Crippen molar-refractivity contribution in [1.82, 2.24) is 4.98 Å². The van der Waals surface area contributed by atoms with Gasteiger partial charge in [-0.05, 0) is 12.1 Å². The van der Waals surface area contributed by atoms with Gasteiger partial charge in [-0.25, -0.2) is 4.98 Å². The van der Waals surface area contributed by atoms with Crippen molar-refractivity contribution in [2.24, 2.45) is 0 Å². The number of aromatic nitrogens is 1. The minimum Gasteiger partial charge on any atom is -0.236 e. The molecule has 7 heteroatoms. The minimum atomic E-state index is -4.50. The summed E-state index contributed by atoms with van der Waals surface area (Å²) in [6.45, 7) is 0. The summed E-state index contributed by atoms with van der Waals surface area (Å²) in [6.07, 6.45) is -4.50. The summed E-state index contributed by atoms with van der Waals surface area (Å²) in [4.78, 5) is 3.41. The zero-order valence-corrected chi connectivity index (χ0v) is 9.46. The highest BCUT2D eigenvalue weighted by Gasteiger charge is 2.33. The average Bonchev–Trinajstić information content (AvgIpc) is 2.24. The number of rotatable bonds is 3. The molecule has 0 unspecified atom stereocenters. The van der Waals surface area contributed by atoms with Crippen LogP contribution in [0.2, 0.25) is 0 Å². The first kappa shape index (κ1) is 13.1. The molecule has 0 aliphatic rings. The molecule has 16 heavy (non-hydrogen) atoms. The lowest BCUT2D eigenvalue weighted by atomic mass is 10.2. The third-order valence-corrected chi connectivity index (χ3v) is 2.99. The summed E-state index contributed by atoms with van der Waals surface area (Å²) >= 11 is 6.46. The zero-order chi connectivity index (χ0) is 12.2. The molecular formula is C9H6ClF3N2S. The van der Waals surface area contributed by atoms with Gasteiger partial charge in [0.05, 0.1) is 5.56 Å². The standard InChI is InChI=1S/C9H6ClF3N2S/c10-3-4-16-8-6(5-14)1-2-7(15-8)9(11,12)13/h1-2H,3-4H2. The summed E-state index contributed by atoms with van der Waals surface area (Å²) < 4.78 is 37.0. The molecule has 0 amide bonds. The van der Waals surface area contributed by atoms with E-state index in [0.29, 0.717) is 5.75 Å². The molecule has 0 fully saturated rings. The van der Waals surface area contributed by atoms with E-state index < -0.39 is 11.9 Å². The van der Waals surface area contributed by atoms with Crippen molar-refractivity contribution >= 4 is 23.4 Å². The van der Waals surface area contributed by atoms with Crippen molar-refractivity contribution in [1.29, 1.82) is 5.26 Å². The van der Waals surface area contributed by atoms with Crippen molar-refractivity contribution in [3.63, 3.8) is 0 Å². The van der Waals surface area contributed by atoms with E-state index in [0.717, 1.165) is 23.9 Å². The second kappa shape index (κ2) is 5.41. The zero-order valence-electron chi connectivity index (χ0n) is 7.88. The Morgan fingerprint density at radius 3 is 2.62 bits per heavy atom. The fourth-order valence-electron chi connectivity index (χ4n) is 0.929. The molecule has 1 rings (SSSR count). The molecular weight excluding hydrogens is 261 g/mol. The van der Waals surface area contributed by atoms with Gasteiger partial charge in [0.2, 0.25) is 0 Å². The Balaban J connectivity index is 3.07. The van der Waals surface area contributed by atoms with Crippen molar-refractivity contribution in [3.8, 4) is 6.07 Å². The molecule has 0 spiro atoms. The fourth-order valence-corrected chi connectivity index (χ4v) is 1.86. The molecule has 0 aliphatic carbocycles. The molecule has 0 aromatic carbocycles. The third-order valence-electron chi connectivity index (χ3n) is 1.59. The van der Waals surface area contributed by atoms with E-state index in [1.807, 2.05) is 0 Å². The molecule has 0 saturated carbocycles. The molecule has 86 valence electrons. The van der Waals surface area contributed by atoms with Gasteiger partial charge >= 0.3 is 6.18 Å². The van der Waals surface area contributed by atoms with Crippen molar-refractivity contribution in [2.45, 2.75) is 11.2 Å². The SMILES string of the molecule is N#Cc1ccc(C(F)(F)F)nc1SCCCl. The van der Waals surface area contributed by atoms with E-state index in [1.54, 1.807) is 6.07 Å². The van der Waals surface area contributed by atoms with E-state index in [-0.39, 0.29) is 16.5 Å². The van der Waals surface area contributed by atoms with E-state index in [1.165, 1.54) is 0 Å². The number of nitrogens with zero attached hydrogens (tertiary/aromatic N) is 2. The largest absolute Gasteiger partial charge is 0.433 e. The van der Waals surface area contributed by atoms with Gasteiger partial charge in [0.15, 0.2) is 0 Å². The highest BCUT2D eigenvalue weighted by molar-refractivity contribution is 7.99. The molecule has 0 bridgehead atoms. The molecule has 0 radical (unpaired) electrons. The minimum absolute atomic E-state index is 0.0676. The number of halogens is 4. The smallest absolute Gasteiger partial charge is 0.236 e. The molecule has 2 nitrogen and oxygen atoms in total. The van der Waals surface area contributed by atoms with Crippen LogP contribution >= 0.6 is 23.4 Å². The fraction of sp³-hybridized carbons (Fsp3) is 0.333. The molecule has 1 aromatic rings. The second-order valence-corrected chi connectivity index (χ2v) is 4.16. The highest BCUT2D eigenvalue weighted by Crippen LogP contribution is 2.30. The van der Waals surface area contributed by atoms with Crippen LogP contribution in [0.15, 0.2) is 17.2 Å². The maximum Gasteiger partial charge on any atom is 0.433 e. The quantitative estimate of drug-likeness (QED) is 0.622. The van der Waals surface area contributed by atoms with Crippen LogP contribution in [0.3, 0.4) is 0 Å². The van der Waals surface area contributed by atoms with Gasteiger partial charge in [-0.15, -0.1) is 23.4 Å². The molecule has 1 heterocycles.